The number of rotatable bonds is 5. The maximum Gasteiger partial charge on any atom is 0.335 e. The van der Waals surface area contributed by atoms with Gasteiger partial charge in [-0.15, -0.1) is 0 Å². The lowest BCUT2D eigenvalue weighted by Gasteiger charge is -2.06. The molecule has 1 aromatic heterocycles. The summed E-state index contributed by atoms with van der Waals surface area (Å²) in [6, 6.07) is 18.8. The van der Waals surface area contributed by atoms with E-state index in [1.165, 1.54) is 0 Å². The second-order valence-electron chi connectivity index (χ2n) is 5.28. The maximum atomic E-state index is 10.9. The van der Waals surface area contributed by atoms with E-state index in [2.05, 4.69) is 4.98 Å². The van der Waals surface area contributed by atoms with Crippen molar-refractivity contribution in [2.45, 2.75) is 6.92 Å². The van der Waals surface area contributed by atoms with E-state index in [1.54, 1.807) is 18.3 Å². The molecule has 1 N–H and O–H groups in total. The van der Waals surface area contributed by atoms with Crippen LogP contribution in [0.4, 0.5) is 0 Å². The molecule has 0 saturated heterocycles. The second-order valence-corrected chi connectivity index (χ2v) is 5.28. The van der Waals surface area contributed by atoms with Crippen molar-refractivity contribution in [3.05, 3.63) is 72.4 Å². The van der Waals surface area contributed by atoms with Crippen molar-refractivity contribution in [2.75, 3.05) is 6.61 Å². The lowest BCUT2D eigenvalue weighted by Crippen LogP contribution is -1.95. The summed E-state index contributed by atoms with van der Waals surface area (Å²) in [5.74, 6) is -0.295. The van der Waals surface area contributed by atoms with Crippen molar-refractivity contribution in [3.63, 3.8) is 0 Å². The van der Waals surface area contributed by atoms with Crippen LogP contribution >= 0.6 is 0 Å². The summed E-state index contributed by atoms with van der Waals surface area (Å²) in [4.78, 5) is 15.2. The fourth-order valence-corrected chi connectivity index (χ4v) is 2.44. The van der Waals surface area contributed by atoms with Crippen LogP contribution in [-0.4, -0.2) is 22.7 Å². The highest BCUT2D eigenvalue weighted by molar-refractivity contribution is 5.88. The molecular weight excluding hydrogens is 302 g/mol. The molecule has 0 spiro atoms. The number of carboxylic acid groups (broad SMARTS) is 1. The number of aromatic carboxylic acids is 1. The first-order valence-corrected chi connectivity index (χ1v) is 7.70. The van der Waals surface area contributed by atoms with Crippen LogP contribution in [0.2, 0.25) is 0 Å². The van der Waals surface area contributed by atoms with Crippen LogP contribution in [0, 0.1) is 0 Å². The molecule has 3 rings (SSSR count). The molecule has 3 aromatic rings. The van der Waals surface area contributed by atoms with Gasteiger partial charge in [-0.25, -0.2) is 9.78 Å². The van der Waals surface area contributed by atoms with E-state index in [1.807, 2.05) is 55.5 Å². The Balaban J connectivity index is 1.81. The summed E-state index contributed by atoms with van der Waals surface area (Å²) in [5, 5.41) is 8.95. The van der Waals surface area contributed by atoms with Gasteiger partial charge in [0.1, 0.15) is 0 Å². The third-order valence-electron chi connectivity index (χ3n) is 3.71. The molecular formula is C20H17NO3. The summed E-state index contributed by atoms with van der Waals surface area (Å²) in [5.41, 5.74) is 4.39. The molecule has 24 heavy (non-hydrogen) atoms. The van der Waals surface area contributed by atoms with Crippen LogP contribution < -0.4 is 4.74 Å². The van der Waals surface area contributed by atoms with Crippen molar-refractivity contribution < 1.29 is 14.6 Å². The van der Waals surface area contributed by atoms with Gasteiger partial charge < -0.3 is 9.84 Å². The van der Waals surface area contributed by atoms with Crippen molar-refractivity contribution in [2.24, 2.45) is 0 Å². The smallest absolute Gasteiger partial charge is 0.335 e. The molecule has 0 aliphatic carbocycles. The van der Waals surface area contributed by atoms with Crippen molar-refractivity contribution in [1.29, 1.82) is 0 Å². The first kappa shape index (κ1) is 15.7. The molecule has 0 aliphatic rings. The zero-order valence-electron chi connectivity index (χ0n) is 13.3. The second kappa shape index (κ2) is 6.96. The Labute approximate surface area is 140 Å². The van der Waals surface area contributed by atoms with Crippen molar-refractivity contribution >= 4 is 5.97 Å². The lowest BCUT2D eigenvalue weighted by atomic mass is 10.0. The molecule has 4 nitrogen and oxygen atoms in total. The molecule has 2 aromatic carbocycles. The Bertz CT molecular complexity index is 822. The highest BCUT2D eigenvalue weighted by atomic mass is 16.5. The van der Waals surface area contributed by atoms with Gasteiger partial charge in [-0.2, -0.15) is 0 Å². The Morgan fingerprint density at radius 3 is 1.83 bits per heavy atom. The average Bonchev–Trinajstić information content (AvgIpc) is 2.63. The number of ether oxygens (including phenoxy) is 1. The summed E-state index contributed by atoms with van der Waals surface area (Å²) in [6.07, 6.45) is 1.79. The van der Waals surface area contributed by atoms with Gasteiger partial charge in [-0.1, -0.05) is 36.4 Å². The topological polar surface area (TPSA) is 59.4 Å². The van der Waals surface area contributed by atoms with Gasteiger partial charge in [0.25, 0.3) is 0 Å². The largest absolute Gasteiger partial charge is 0.478 e. The van der Waals surface area contributed by atoms with E-state index in [-0.39, 0.29) is 5.56 Å². The molecule has 0 unspecified atom stereocenters. The number of benzene rings is 2. The molecule has 0 atom stereocenters. The molecule has 0 radical (unpaired) electrons. The normalized spacial score (nSPS) is 10.4. The van der Waals surface area contributed by atoms with E-state index in [4.69, 9.17) is 9.84 Å². The van der Waals surface area contributed by atoms with Crippen LogP contribution in [0.15, 0.2) is 66.9 Å². The first-order valence-electron chi connectivity index (χ1n) is 7.70. The van der Waals surface area contributed by atoms with E-state index in [0.717, 1.165) is 22.3 Å². The van der Waals surface area contributed by atoms with Crippen LogP contribution in [-0.2, 0) is 0 Å². The number of hydrogen-bond donors (Lipinski definition) is 1. The number of carbonyl (C=O) groups is 1. The van der Waals surface area contributed by atoms with Gasteiger partial charge in [0, 0.05) is 17.8 Å². The predicted molar refractivity (Wildman–Crippen MR) is 93.2 cm³/mol. The van der Waals surface area contributed by atoms with Gasteiger partial charge in [0.05, 0.1) is 12.2 Å². The Morgan fingerprint density at radius 2 is 1.38 bits per heavy atom. The minimum Gasteiger partial charge on any atom is -0.478 e. The minimum atomic E-state index is -0.917. The lowest BCUT2D eigenvalue weighted by molar-refractivity contribution is 0.0697. The van der Waals surface area contributed by atoms with E-state index < -0.39 is 5.97 Å². The van der Waals surface area contributed by atoms with Gasteiger partial charge in [-0.3, -0.25) is 0 Å². The third kappa shape index (κ3) is 3.43. The minimum absolute atomic E-state index is 0.288. The summed E-state index contributed by atoms with van der Waals surface area (Å²) in [7, 11) is 0. The predicted octanol–water partition coefficient (Wildman–Crippen LogP) is 4.51. The number of carboxylic acids is 1. The Kier molecular flexibility index (Phi) is 4.57. The molecule has 0 amide bonds. The Hall–Kier alpha value is -3.14. The van der Waals surface area contributed by atoms with Gasteiger partial charge >= 0.3 is 5.97 Å². The van der Waals surface area contributed by atoms with Crippen molar-refractivity contribution in [1.82, 2.24) is 4.98 Å². The molecule has 1 heterocycles. The highest BCUT2D eigenvalue weighted by Crippen LogP contribution is 2.25. The molecule has 4 heteroatoms. The SMILES string of the molecule is CCOc1ccc(-c2ccc(-c3ccc(C(=O)O)cc3)cc2)cn1. The zero-order chi connectivity index (χ0) is 16.9. The van der Waals surface area contributed by atoms with Crippen LogP contribution in [0.25, 0.3) is 22.3 Å². The third-order valence-corrected chi connectivity index (χ3v) is 3.71. The number of aromatic nitrogens is 1. The van der Waals surface area contributed by atoms with E-state index >= 15 is 0 Å². The zero-order valence-corrected chi connectivity index (χ0v) is 13.3. The fraction of sp³-hybridized carbons (Fsp3) is 0.100. The molecule has 0 bridgehead atoms. The molecule has 0 saturated carbocycles. The quantitative estimate of drug-likeness (QED) is 0.751. The highest BCUT2D eigenvalue weighted by Gasteiger charge is 2.04. The number of pyridine rings is 1. The first-order chi connectivity index (χ1) is 11.7. The van der Waals surface area contributed by atoms with E-state index in [0.29, 0.717) is 12.5 Å². The Morgan fingerprint density at radius 1 is 0.875 bits per heavy atom. The summed E-state index contributed by atoms with van der Waals surface area (Å²) in [6.45, 7) is 2.53. The van der Waals surface area contributed by atoms with Gasteiger partial charge in [-0.05, 0) is 41.8 Å². The number of hydrogen-bond acceptors (Lipinski definition) is 3. The molecule has 120 valence electrons. The van der Waals surface area contributed by atoms with Crippen LogP contribution in [0.1, 0.15) is 17.3 Å². The molecule has 0 aliphatic heterocycles. The van der Waals surface area contributed by atoms with Crippen molar-refractivity contribution in [3.8, 4) is 28.1 Å². The monoisotopic (exact) mass is 319 g/mol. The standard InChI is InChI=1S/C20H17NO3/c1-2-24-19-12-11-18(13-21-19)16-5-3-14(4-6-16)15-7-9-17(10-8-15)20(22)23/h3-13H,2H2,1H3,(H,22,23). The number of nitrogens with zero attached hydrogens (tertiary/aromatic N) is 1. The van der Waals surface area contributed by atoms with Crippen LogP contribution in [0.3, 0.4) is 0 Å². The fourth-order valence-electron chi connectivity index (χ4n) is 2.44. The average molecular weight is 319 g/mol. The molecule has 0 fully saturated rings. The summed E-state index contributed by atoms with van der Waals surface area (Å²) < 4.78 is 5.35. The van der Waals surface area contributed by atoms with E-state index in [9.17, 15) is 4.79 Å². The maximum absolute atomic E-state index is 10.9. The van der Waals surface area contributed by atoms with Crippen LogP contribution in [0.5, 0.6) is 5.88 Å². The van der Waals surface area contributed by atoms with Gasteiger partial charge in [0.2, 0.25) is 5.88 Å². The summed E-state index contributed by atoms with van der Waals surface area (Å²) >= 11 is 0. The van der Waals surface area contributed by atoms with Gasteiger partial charge in [0.15, 0.2) is 0 Å².